The molecule has 1 heterocycles. The summed E-state index contributed by atoms with van der Waals surface area (Å²) in [6.45, 7) is 3.94. The first-order valence-electron chi connectivity index (χ1n) is 4.38. The van der Waals surface area contributed by atoms with Gasteiger partial charge in [-0.2, -0.15) is 0 Å². The Balaban J connectivity index is 2.71. The Morgan fingerprint density at radius 3 is 2.92 bits per heavy atom. The van der Waals surface area contributed by atoms with Crippen molar-refractivity contribution < 1.29 is 4.21 Å². The first-order valence-corrected chi connectivity index (χ1v) is 5.87. The molecule has 0 unspecified atom stereocenters. The Kier molecular flexibility index (Phi) is 3.96. The second-order valence-corrected chi connectivity index (χ2v) is 4.63. The van der Waals surface area contributed by atoms with Crippen LogP contribution in [0, 0.1) is 0 Å². The number of rotatable bonds is 3. The molecule has 0 amide bonds. The second-order valence-electron chi connectivity index (χ2n) is 2.89. The molecule has 1 N–H and O–H groups in total. The summed E-state index contributed by atoms with van der Waals surface area (Å²) in [5, 5.41) is 3.13. The van der Waals surface area contributed by atoms with E-state index in [2.05, 4.69) is 5.32 Å². The quantitative estimate of drug-likeness (QED) is 0.746. The lowest BCUT2D eigenvalue weighted by molar-refractivity contribution is 0.685. The molecule has 0 radical (unpaired) electrons. The van der Waals surface area contributed by atoms with Crippen LogP contribution >= 0.6 is 0 Å². The number of hydrogen-bond acceptors (Lipinski definition) is 2. The minimum atomic E-state index is -0.730. The summed E-state index contributed by atoms with van der Waals surface area (Å²) in [7, 11) is -0.730. The predicted octanol–water partition coefficient (Wildman–Crippen LogP) is 1.70. The molecule has 1 aliphatic rings. The SMILES string of the molecule is CC[S@](=O)CC1=C(C)NC=CC=C1. The van der Waals surface area contributed by atoms with Crippen LogP contribution in [0.1, 0.15) is 13.8 Å². The van der Waals surface area contributed by atoms with Crippen molar-refractivity contribution in [1.29, 1.82) is 0 Å². The average molecular weight is 197 g/mol. The molecule has 0 bridgehead atoms. The van der Waals surface area contributed by atoms with Crippen LogP contribution in [0.2, 0.25) is 0 Å². The van der Waals surface area contributed by atoms with Gasteiger partial charge in [-0.05, 0) is 18.6 Å². The normalized spacial score (nSPS) is 18.3. The van der Waals surface area contributed by atoms with Crippen molar-refractivity contribution in [3.63, 3.8) is 0 Å². The lowest BCUT2D eigenvalue weighted by Crippen LogP contribution is -2.09. The minimum Gasteiger partial charge on any atom is -0.365 e. The molecule has 0 saturated heterocycles. The van der Waals surface area contributed by atoms with Crippen LogP contribution < -0.4 is 5.32 Å². The first-order chi connectivity index (χ1) is 6.24. The molecule has 13 heavy (non-hydrogen) atoms. The van der Waals surface area contributed by atoms with Gasteiger partial charge in [0.15, 0.2) is 0 Å². The Hall–Kier alpha value is -0.830. The van der Waals surface area contributed by atoms with E-state index >= 15 is 0 Å². The van der Waals surface area contributed by atoms with Crippen molar-refractivity contribution in [2.75, 3.05) is 11.5 Å². The smallest absolute Gasteiger partial charge is 0.0502 e. The predicted molar refractivity (Wildman–Crippen MR) is 57.7 cm³/mol. The topological polar surface area (TPSA) is 29.1 Å². The zero-order valence-electron chi connectivity index (χ0n) is 8.04. The van der Waals surface area contributed by atoms with Crippen LogP contribution in [0.25, 0.3) is 0 Å². The molecule has 0 aromatic carbocycles. The zero-order valence-corrected chi connectivity index (χ0v) is 8.86. The van der Waals surface area contributed by atoms with Gasteiger partial charge in [0.2, 0.25) is 0 Å². The Labute approximate surface area is 81.9 Å². The molecule has 0 spiro atoms. The number of hydrogen-bond donors (Lipinski definition) is 1. The lowest BCUT2D eigenvalue weighted by Gasteiger charge is -2.06. The highest BCUT2D eigenvalue weighted by molar-refractivity contribution is 7.85. The summed E-state index contributed by atoms with van der Waals surface area (Å²) < 4.78 is 11.3. The summed E-state index contributed by atoms with van der Waals surface area (Å²) in [5.74, 6) is 1.37. The minimum absolute atomic E-state index is 0.646. The molecule has 0 aliphatic carbocycles. The fourth-order valence-electron chi connectivity index (χ4n) is 1.05. The maximum atomic E-state index is 11.3. The summed E-state index contributed by atoms with van der Waals surface area (Å²) in [5.41, 5.74) is 2.22. The van der Waals surface area contributed by atoms with Crippen molar-refractivity contribution in [3.8, 4) is 0 Å². The zero-order chi connectivity index (χ0) is 9.68. The van der Waals surface area contributed by atoms with Crippen molar-refractivity contribution >= 4 is 10.8 Å². The molecule has 0 fully saturated rings. The maximum Gasteiger partial charge on any atom is 0.0502 e. The van der Waals surface area contributed by atoms with E-state index < -0.39 is 10.8 Å². The van der Waals surface area contributed by atoms with E-state index in [4.69, 9.17) is 0 Å². The average Bonchev–Trinajstić information content (AvgIpc) is 2.32. The number of allylic oxidation sites excluding steroid dienone is 4. The molecule has 0 aromatic heterocycles. The van der Waals surface area contributed by atoms with E-state index in [0.717, 1.165) is 17.0 Å². The fourth-order valence-corrected chi connectivity index (χ4v) is 1.91. The highest BCUT2D eigenvalue weighted by Crippen LogP contribution is 2.08. The van der Waals surface area contributed by atoms with Gasteiger partial charge in [0.05, 0.1) is 5.75 Å². The van der Waals surface area contributed by atoms with Gasteiger partial charge in [-0.15, -0.1) is 0 Å². The van der Waals surface area contributed by atoms with Crippen LogP contribution in [0.5, 0.6) is 0 Å². The monoisotopic (exact) mass is 197 g/mol. The fraction of sp³-hybridized carbons (Fsp3) is 0.400. The van der Waals surface area contributed by atoms with Crippen LogP contribution in [0.15, 0.2) is 35.7 Å². The maximum absolute atomic E-state index is 11.3. The van der Waals surface area contributed by atoms with Crippen LogP contribution in [0.4, 0.5) is 0 Å². The Bertz CT molecular complexity index is 289. The van der Waals surface area contributed by atoms with Gasteiger partial charge in [0.25, 0.3) is 0 Å². The highest BCUT2D eigenvalue weighted by Gasteiger charge is 2.03. The molecule has 0 aromatic rings. The van der Waals surface area contributed by atoms with Crippen molar-refractivity contribution in [2.45, 2.75) is 13.8 Å². The van der Waals surface area contributed by atoms with Crippen molar-refractivity contribution in [3.05, 3.63) is 35.7 Å². The molecule has 1 rings (SSSR count). The third kappa shape index (κ3) is 3.19. The van der Waals surface area contributed by atoms with Crippen LogP contribution in [0.3, 0.4) is 0 Å². The third-order valence-corrected chi connectivity index (χ3v) is 3.20. The van der Waals surface area contributed by atoms with E-state index in [0.29, 0.717) is 5.75 Å². The summed E-state index contributed by atoms with van der Waals surface area (Å²) in [6.07, 6.45) is 7.80. The van der Waals surface area contributed by atoms with E-state index in [-0.39, 0.29) is 0 Å². The first kappa shape index (κ1) is 10.3. The standard InChI is InChI=1S/C10H15NOS/c1-3-13(12)8-10-6-4-5-7-11-9(10)2/h4-7,11H,3,8H2,1-2H3/t13-/m0/s1. The highest BCUT2D eigenvalue weighted by atomic mass is 32.2. The van der Waals surface area contributed by atoms with E-state index in [1.807, 2.05) is 38.3 Å². The van der Waals surface area contributed by atoms with E-state index in [1.54, 1.807) is 0 Å². The summed E-state index contributed by atoms with van der Waals surface area (Å²) in [6, 6.07) is 0. The molecule has 1 atom stereocenters. The molecule has 3 heteroatoms. The Morgan fingerprint density at radius 2 is 2.23 bits per heavy atom. The van der Waals surface area contributed by atoms with Crippen LogP contribution in [-0.4, -0.2) is 15.7 Å². The van der Waals surface area contributed by atoms with Gasteiger partial charge in [-0.25, -0.2) is 0 Å². The number of nitrogens with one attached hydrogen (secondary N) is 1. The van der Waals surface area contributed by atoms with Crippen molar-refractivity contribution in [1.82, 2.24) is 5.32 Å². The van der Waals surface area contributed by atoms with E-state index in [9.17, 15) is 4.21 Å². The molecular formula is C10H15NOS. The van der Waals surface area contributed by atoms with Crippen molar-refractivity contribution in [2.24, 2.45) is 0 Å². The third-order valence-electron chi connectivity index (χ3n) is 1.92. The van der Waals surface area contributed by atoms with Crippen LogP contribution in [-0.2, 0) is 10.8 Å². The molecular weight excluding hydrogens is 182 g/mol. The summed E-state index contributed by atoms with van der Waals surface area (Å²) >= 11 is 0. The second kappa shape index (κ2) is 5.02. The van der Waals surface area contributed by atoms with Gasteiger partial charge >= 0.3 is 0 Å². The largest absolute Gasteiger partial charge is 0.365 e. The van der Waals surface area contributed by atoms with Gasteiger partial charge in [0.1, 0.15) is 0 Å². The van der Waals surface area contributed by atoms with E-state index in [1.165, 1.54) is 0 Å². The molecule has 0 saturated carbocycles. The van der Waals surface area contributed by atoms with Gasteiger partial charge in [-0.3, -0.25) is 4.21 Å². The van der Waals surface area contributed by atoms with Gasteiger partial charge in [-0.1, -0.05) is 19.1 Å². The molecule has 1 aliphatic heterocycles. The lowest BCUT2D eigenvalue weighted by atomic mass is 10.2. The molecule has 72 valence electrons. The Morgan fingerprint density at radius 1 is 1.46 bits per heavy atom. The molecule has 2 nitrogen and oxygen atoms in total. The summed E-state index contributed by atoms with van der Waals surface area (Å²) in [4.78, 5) is 0. The van der Waals surface area contributed by atoms with Gasteiger partial charge < -0.3 is 5.32 Å². The van der Waals surface area contributed by atoms with Gasteiger partial charge in [0, 0.05) is 28.4 Å².